The monoisotopic (exact) mass is 259 g/mol. The molecule has 0 saturated heterocycles. The first-order valence-corrected chi connectivity index (χ1v) is 6.14. The molecule has 0 aliphatic heterocycles. The van der Waals surface area contributed by atoms with Gasteiger partial charge < -0.3 is 9.52 Å². The van der Waals surface area contributed by atoms with Gasteiger partial charge in [-0.3, -0.25) is 9.69 Å². The van der Waals surface area contributed by atoms with Crippen molar-refractivity contribution in [2.24, 2.45) is 0 Å². The van der Waals surface area contributed by atoms with E-state index in [1.807, 2.05) is 43.4 Å². The van der Waals surface area contributed by atoms with Crippen LogP contribution in [0, 0.1) is 0 Å². The molecular formula is C15H17NO3. The van der Waals surface area contributed by atoms with Gasteiger partial charge in [0, 0.05) is 6.54 Å². The Morgan fingerprint density at radius 2 is 1.84 bits per heavy atom. The quantitative estimate of drug-likeness (QED) is 0.866. The predicted octanol–water partition coefficient (Wildman–Crippen LogP) is 2.54. The van der Waals surface area contributed by atoms with E-state index in [0.717, 1.165) is 30.0 Å². The Morgan fingerprint density at radius 3 is 2.42 bits per heavy atom. The smallest absolute Gasteiger partial charge is 0.307 e. The summed E-state index contributed by atoms with van der Waals surface area (Å²) >= 11 is 0. The van der Waals surface area contributed by atoms with Crippen LogP contribution < -0.4 is 0 Å². The molecule has 0 bridgehead atoms. The summed E-state index contributed by atoms with van der Waals surface area (Å²) in [6.07, 6.45) is 1.74. The van der Waals surface area contributed by atoms with E-state index in [0.29, 0.717) is 0 Å². The number of carboxylic acid groups (broad SMARTS) is 1. The van der Waals surface area contributed by atoms with Crippen LogP contribution in [0.1, 0.15) is 16.9 Å². The predicted molar refractivity (Wildman–Crippen MR) is 71.7 cm³/mol. The molecule has 2 aromatic rings. The molecule has 0 spiro atoms. The van der Waals surface area contributed by atoms with Crippen LogP contribution in [0.3, 0.4) is 0 Å². The van der Waals surface area contributed by atoms with Crippen molar-refractivity contribution in [2.45, 2.75) is 19.5 Å². The van der Waals surface area contributed by atoms with E-state index < -0.39 is 5.97 Å². The maximum Gasteiger partial charge on any atom is 0.307 e. The number of hydrogen-bond donors (Lipinski definition) is 1. The summed E-state index contributed by atoms with van der Waals surface area (Å²) in [5.41, 5.74) is 1.98. The summed E-state index contributed by atoms with van der Waals surface area (Å²) in [4.78, 5) is 12.7. The Kier molecular flexibility index (Phi) is 4.36. The second kappa shape index (κ2) is 6.20. The summed E-state index contributed by atoms with van der Waals surface area (Å²) in [6.45, 7) is 1.55. The topological polar surface area (TPSA) is 53.7 Å². The van der Waals surface area contributed by atoms with Crippen molar-refractivity contribution in [1.82, 2.24) is 4.90 Å². The van der Waals surface area contributed by atoms with Crippen molar-refractivity contribution < 1.29 is 14.3 Å². The van der Waals surface area contributed by atoms with Gasteiger partial charge in [0.25, 0.3) is 0 Å². The van der Waals surface area contributed by atoms with E-state index in [1.54, 1.807) is 6.26 Å². The number of furan rings is 1. The molecule has 4 nitrogen and oxygen atoms in total. The molecule has 0 saturated carbocycles. The van der Waals surface area contributed by atoms with Crippen molar-refractivity contribution in [3.8, 4) is 0 Å². The van der Waals surface area contributed by atoms with Gasteiger partial charge in [-0.2, -0.15) is 0 Å². The van der Waals surface area contributed by atoms with E-state index in [1.165, 1.54) is 0 Å². The SMILES string of the molecule is CN(Cc1ccc(CC(=O)O)cc1)Cc1ccco1. The Morgan fingerprint density at radius 1 is 1.16 bits per heavy atom. The fourth-order valence-electron chi connectivity index (χ4n) is 1.97. The molecule has 0 aliphatic carbocycles. The molecular weight excluding hydrogens is 242 g/mol. The minimum Gasteiger partial charge on any atom is -0.481 e. The van der Waals surface area contributed by atoms with Crippen LogP contribution in [0.2, 0.25) is 0 Å². The summed E-state index contributed by atoms with van der Waals surface area (Å²) in [5, 5.41) is 8.71. The molecule has 0 atom stereocenters. The highest BCUT2D eigenvalue weighted by atomic mass is 16.4. The lowest BCUT2D eigenvalue weighted by Crippen LogP contribution is -2.16. The Hall–Kier alpha value is -2.07. The number of nitrogens with zero attached hydrogens (tertiary/aromatic N) is 1. The first-order valence-electron chi connectivity index (χ1n) is 6.14. The average Bonchev–Trinajstić information content (AvgIpc) is 2.83. The standard InChI is InChI=1S/C15H17NO3/c1-16(11-14-3-2-8-19-14)10-13-6-4-12(5-7-13)9-15(17)18/h2-8H,9-11H2,1H3,(H,17,18). The number of hydrogen-bond acceptors (Lipinski definition) is 3. The number of rotatable bonds is 6. The van der Waals surface area contributed by atoms with Gasteiger partial charge in [0.1, 0.15) is 5.76 Å². The molecule has 0 amide bonds. The average molecular weight is 259 g/mol. The van der Waals surface area contributed by atoms with Crippen LogP contribution in [-0.4, -0.2) is 23.0 Å². The molecule has 1 N–H and O–H groups in total. The third-order valence-electron chi connectivity index (χ3n) is 2.84. The van der Waals surface area contributed by atoms with Gasteiger partial charge in [0.15, 0.2) is 0 Å². The van der Waals surface area contributed by atoms with Crippen LogP contribution in [0.15, 0.2) is 47.1 Å². The van der Waals surface area contributed by atoms with Crippen molar-refractivity contribution in [3.63, 3.8) is 0 Å². The largest absolute Gasteiger partial charge is 0.481 e. The van der Waals surface area contributed by atoms with Crippen molar-refractivity contribution >= 4 is 5.97 Å². The van der Waals surface area contributed by atoms with Crippen molar-refractivity contribution in [2.75, 3.05) is 7.05 Å². The van der Waals surface area contributed by atoms with Crippen LogP contribution in [-0.2, 0) is 24.3 Å². The highest BCUT2D eigenvalue weighted by molar-refractivity contribution is 5.70. The fraction of sp³-hybridized carbons (Fsp3) is 0.267. The van der Waals surface area contributed by atoms with Gasteiger partial charge in [-0.15, -0.1) is 0 Å². The van der Waals surface area contributed by atoms with E-state index in [2.05, 4.69) is 4.90 Å². The van der Waals surface area contributed by atoms with Gasteiger partial charge in [-0.25, -0.2) is 0 Å². The number of aliphatic carboxylic acids is 1. The summed E-state index contributed by atoms with van der Waals surface area (Å²) < 4.78 is 5.30. The van der Waals surface area contributed by atoms with Crippen molar-refractivity contribution in [3.05, 3.63) is 59.5 Å². The van der Waals surface area contributed by atoms with Gasteiger partial charge >= 0.3 is 5.97 Å². The molecule has 19 heavy (non-hydrogen) atoms. The molecule has 0 unspecified atom stereocenters. The maximum absolute atomic E-state index is 10.6. The lowest BCUT2D eigenvalue weighted by molar-refractivity contribution is -0.136. The van der Waals surface area contributed by atoms with Crippen LogP contribution in [0.25, 0.3) is 0 Å². The number of carbonyl (C=O) groups is 1. The lowest BCUT2D eigenvalue weighted by Gasteiger charge is -2.15. The van der Waals surface area contributed by atoms with E-state index in [-0.39, 0.29) is 6.42 Å². The molecule has 1 aromatic carbocycles. The molecule has 0 radical (unpaired) electrons. The second-order valence-corrected chi connectivity index (χ2v) is 4.64. The van der Waals surface area contributed by atoms with Crippen LogP contribution in [0.5, 0.6) is 0 Å². The fourth-order valence-corrected chi connectivity index (χ4v) is 1.97. The first-order chi connectivity index (χ1) is 9.13. The van der Waals surface area contributed by atoms with Gasteiger partial charge in [-0.05, 0) is 30.3 Å². The van der Waals surface area contributed by atoms with Gasteiger partial charge in [0.05, 0.1) is 19.2 Å². The first kappa shape index (κ1) is 13.4. The highest BCUT2D eigenvalue weighted by Crippen LogP contribution is 2.10. The summed E-state index contributed by atoms with van der Waals surface area (Å²) in [7, 11) is 2.02. The number of benzene rings is 1. The molecule has 1 aromatic heterocycles. The zero-order valence-corrected chi connectivity index (χ0v) is 10.9. The molecule has 4 heteroatoms. The van der Waals surface area contributed by atoms with E-state index in [9.17, 15) is 4.79 Å². The summed E-state index contributed by atoms with van der Waals surface area (Å²) in [5.74, 6) is 0.132. The zero-order valence-electron chi connectivity index (χ0n) is 10.9. The Labute approximate surface area is 112 Å². The molecule has 0 fully saturated rings. The Balaban J connectivity index is 1.90. The van der Waals surface area contributed by atoms with Crippen LogP contribution >= 0.6 is 0 Å². The summed E-state index contributed by atoms with van der Waals surface area (Å²) in [6, 6.07) is 11.5. The third-order valence-corrected chi connectivity index (χ3v) is 2.84. The minimum absolute atomic E-state index is 0.0719. The zero-order chi connectivity index (χ0) is 13.7. The second-order valence-electron chi connectivity index (χ2n) is 4.64. The van der Waals surface area contributed by atoms with E-state index >= 15 is 0 Å². The molecule has 1 heterocycles. The molecule has 100 valence electrons. The van der Waals surface area contributed by atoms with E-state index in [4.69, 9.17) is 9.52 Å². The number of carboxylic acids is 1. The maximum atomic E-state index is 10.6. The molecule has 0 aliphatic rings. The van der Waals surface area contributed by atoms with Crippen LogP contribution in [0.4, 0.5) is 0 Å². The molecule has 2 rings (SSSR count). The van der Waals surface area contributed by atoms with Crippen molar-refractivity contribution in [1.29, 1.82) is 0 Å². The minimum atomic E-state index is -0.803. The Bertz CT molecular complexity index is 517. The highest BCUT2D eigenvalue weighted by Gasteiger charge is 2.05. The van der Waals surface area contributed by atoms with Gasteiger partial charge in [0.2, 0.25) is 0 Å². The lowest BCUT2D eigenvalue weighted by atomic mass is 10.1. The third kappa shape index (κ3) is 4.26. The normalized spacial score (nSPS) is 10.8. The van der Waals surface area contributed by atoms with Gasteiger partial charge in [-0.1, -0.05) is 24.3 Å².